The molecule has 0 aliphatic carbocycles. The number of hydrogen-bond acceptors (Lipinski definition) is 8. The molecule has 0 fully saturated rings. The summed E-state index contributed by atoms with van der Waals surface area (Å²) in [7, 11) is 1.20. The van der Waals surface area contributed by atoms with Crippen LogP contribution in [0, 0.1) is 0 Å². The number of carbonyl (C=O) groups is 3. The third-order valence-corrected chi connectivity index (χ3v) is 6.13. The van der Waals surface area contributed by atoms with Gasteiger partial charge in [0.2, 0.25) is 11.8 Å². The second-order valence-corrected chi connectivity index (χ2v) is 8.48. The number of rotatable bonds is 9. The minimum Gasteiger partial charge on any atom is -0.465 e. The number of thiophene rings is 1. The molecule has 3 rings (SSSR count). The van der Waals surface area contributed by atoms with Gasteiger partial charge in [-0.1, -0.05) is 30.3 Å². The summed E-state index contributed by atoms with van der Waals surface area (Å²) in [6.07, 6.45) is 1.84. The monoisotopic (exact) mass is 472 g/mol. The first-order valence-electron chi connectivity index (χ1n) is 10.7. The largest absolute Gasteiger partial charge is 0.514 e. The van der Waals surface area contributed by atoms with Crippen molar-refractivity contribution in [2.75, 3.05) is 13.7 Å². The Morgan fingerprint density at radius 1 is 1.18 bits per heavy atom. The third kappa shape index (κ3) is 6.43. The van der Waals surface area contributed by atoms with E-state index in [0.29, 0.717) is 12.8 Å². The molecule has 1 N–H and O–H groups in total. The maximum Gasteiger partial charge on any atom is 0.514 e. The van der Waals surface area contributed by atoms with Gasteiger partial charge in [0.15, 0.2) is 0 Å². The molecule has 1 amide bonds. The van der Waals surface area contributed by atoms with Crippen LogP contribution in [0.2, 0.25) is 0 Å². The highest BCUT2D eigenvalue weighted by Crippen LogP contribution is 2.30. The maximum absolute atomic E-state index is 13.3. The molecule has 1 aliphatic heterocycles. The van der Waals surface area contributed by atoms with Crippen LogP contribution >= 0.6 is 11.3 Å². The number of nitrogens with one attached hydrogen (secondary N) is 1. The van der Waals surface area contributed by atoms with Crippen molar-refractivity contribution in [1.82, 2.24) is 10.2 Å². The molecule has 0 spiro atoms. The first-order valence-corrected chi connectivity index (χ1v) is 11.6. The van der Waals surface area contributed by atoms with E-state index in [-0.39, 0.29) is 24.9 Å². The summed E-state index contributed by atoms with van der Waals surface area (Å²) >= 11 is 1.51. The summed E-state index contributed by atoms with van der Waals surface area (Å²) in [6.45, 7) is 3.93. The zero-order chi connectivity index (χ0) is 23.8. The second kappa shape index (κ2) is 11.6. The van der Waals surface area contributed by atoms with Gasteiger partial charge >= 0.3 is 12.1 Å². The summed E-state index contributed by atoms with van der Waals surface area (Å²) in [5.74, 6) is -0.657. The zero-order valence-electron chi connectivity index (χ0n) is 18.9. The molecule has 0 bridgehead atoms. The highest BCUT2D eigenvalue weighted by Gasteiger charge is 2.33. The van der Waals surface area contributed by atoms with Gasteiger partial charge < -0.3 is 14.2 Å². The van der Waals surface area contributed by atoms with Crippen molar-refractivity contribution in [1.29, 1.82) is 0 Å². The molecule has 2 aromatic rings. The van der Waals surface area contributed by atoms with Crippen molar-refractivity contribution < 1.29 is 28.6 Å². The van der Waals surface area contributed by atoms with E-state index in [0.717, 1.165) is 16.0 Å². The standard InChI is InChI=1S/C24H28N2O6S/c1-4-31-23(28)19(11-10-17-8-6-5-7-9-17)25-16(2)22(27)26-15-20-18(12-13-33-20)14-21(26)32-24(29)30-3/h5-9,12-14,16,19,25H,4,10-11,15H2,1-3H3/t16-,19?/m0/s1. The van der Waals surface area contributed by atoms with E-state index in [1.54, 1.807) is 19.9 Å². The first-order chi connectivity index (χ1) is 15.9. The molecular weight excluding hydrogens is 444 g/mol. The van der Waals surface area contributed by atoms with Gasteiger partial charge in [-0.25, -0.2) is 4.79 Å². The average molecular weight is 473 g/mol. The number of methoxy groups -OCH3 is 1. The molecule has 176 valence electrons. The van der Waals surface area contributed by atoms with Crippen LogP contribution in [0.4, 0.5) is 4.79 Å². The summed E-state index contributed by atoms with van der Waals surface area (Å²) in [5.41, 5.74) is 1.97. The van der Waals surface area contributed by atoms with Crippen molar-refractivity contribution in [3.63, 3.8) is 0 Å². The Morgan fingerprint density at radius 2 is 1.94 bits per heavy atom. The number of hydrogen-bond donors (Lipinski definition) is 1. The number of fused-ring (bicyclic) bond motifs is 1. The molecule has 8 nitrogen and oxygen atoms in total. The molecule has 0 saturated heterocycles. The number of nitrogens with zero attached hydrogens (tertiary/aromatic N) is 1. The quantitative estimate of drug-likeness (QED) is 0.556. The summed E-state index contributed by atoms with van der Waals surface area (Å²) in [5, 5.41) is 5.02. The second-order valence-electron chi connectivity index (χ2n) is 7.48. The van der Waals surface area contributed by atoms with Gasteiger partial charge in [-0.2, -0.15) is 0 Å². The van der Waals surface area contributed by atoms with Crippen LogP contribution in [-0.2, 0) is 36.8 Å². The van der Waals surface area contributed by atoms with E-state index in [4.69, 9.17) is 9.47 Å². The minimum absolute atomic E-state index is 0.0865. The van der Waals surface area contributed by atoms with E-state index in [9.17, 15) is 14.4 Å². The van der Waals surface area contributed by atoms with Gasteiger partial charge in [-0.3, -0.25) is 19.8 Å². The number of carbonyl (C=O) groups excluding carboxylic acids is 3. The average Bonchev–Trinajstić information content (AvgIpc) is 3.28. The SMILES string of the molecule is CCOC(=O)C(CCc1ccccc1)N[C@@H](C)C(=O)N1Cc2sccc2C=C1OC(=O)OC. The fraction of sp³-hybridized carbons (Fsp3) is 0.375. The summed E-state index contributed by atoms with van der Waals surface area (Å²) in [6, 6.07) is 10.3. The lowest BCUT2D eigenvalue weighted by Crippen LogP contribution is -2.51. The fourth-order valence-corrected chi connectivity index (χ4v) is 4.36. The lowest BCUT2D eigenvalue weighted by Gasteiger charge is -2.30. The van der Waals surface area contributed by atoms with Crippen LogP contribution in [0.1, 0.15) is 36.3 Å². The van der Waals surface area contributed by atoms with Crippen molar-refractivity contribution in [3.05, 3.63) is 63.7 Å². The molecule has 1 aromatic heterocycles. The Balaban J connectivity index is 1.73. The Labute approximate surface area is 197 Å². The Kier molecular flexibility index (Phi) is 8.62. The van der Waals surface area contributed by atoms with Crippen LogP contribution < -0.4 is 5.32 Å². The van der Waals surface area contributed by atoms with Crippen LogP contribution in [0.25, 0.3) is 6.08 Å². The molecular formula is C24H28N2O6S. The van der Waals surface area contributed by atoms with E-state index >= 15 is 0 Å². The normalized spacial score (nSPS) is 14.5. The van der Waals surface area contributed by atoms with E-state index in [2.05, 4.69) is 10.1 Å². The van der Waals surface area contributed by atoms with Gasteiger partial charge in [-0.05, 0) is 49.3 Å². The van der Waals surface area contributed by atoms with Gasteiger partial charge in [0.05, 0.1) is 26.3 Å². The summed E-state index contributed by atoms with van der Waals surface area (Å²) in [4.78, 5) is 40.0. The molecule has 9 heteroatoms. The predicted molar refractivity (Wildman–Crippen MR) is 124 cm³/mol. The molecule has 1 aliphatic rings. The van der Waals surface area contributed by atoms with Gasteiger partial charge in [0, 0.05) is 11.0 Å². The maximum atomic E-state index is 13.3. The minimum atomic E-state index is -0.911. The van der Waals surface area contributed by atoms with Gasteiger partial charge in [-0.15, -0.1) is 11.3 Å². The highest BCUT2D eigenvalue weighted by atomic mass is 32.1. The summed E-state index contributed by atoms with van der Waals surface area (Å²) < 4.78 is 15.1. The lowest BCUT2D eigenvalue weighted by atomic mass is 10.0. The lowest BCUT2D eigenvalue weighted by molar-refractivity contribution is -0.146. The number of benzene rings is 1. The highest BCUT2D eigenvalue weighted by molar-refractivity contribution is 7.10. The number of aryl methyl sites for hydroxylation is 1. The van der Waals surface area contributed by atoms with Gasteiger partial charge in [0.25, 0.3) is 0 Å². The first kappa shape index (κ1) is 24.5. The van der Waals surface area contributed by atoms with E-state index < -0.39 is 24.2 Å². The van der Waals surface area contributed by atoms with Crippen molar-refractivity contribution in [3.8, 4) is 0 Å². The third-order valence-electron chi connectivity index (χ3n) is 5.20. The number of amides is 1. The molecule has 33 heavy (non-hydrogen) atoms. The van der Waals surface area contributed by atoms with Crippen LogP contribution in [0.15, 0.2) is 47.7 Å². The Hall–Kier alpha value is -3.17. The zero-order valence-corrected chi connectivity index (χ0v) is 19.7. The smallest absolute Gasteiger partial charge is 0.465 e. The fourth-order valence-electron chi connectivity index (χ4n) is 3.51. The predicted octanol–water partition coefficient (Wildman–Crippen LogP) is 3.71. The van der Waals surface area contributed by atoms with Crippen LogP contribution in [-0.4, -0.2) is 48.7 Å². The Bertz CT molecular complexity index is 1000. The molecule has 1 aromatic carbocycles. The van der Waals surface area contributed by atoms with Crippen molar-refractivity contribution in [2.24, 2.45) is 0 Å². The topological polar surface area (TPSA) is 94.2 Å². The molecule has 2 atom stereocenters. The molecule has 0 radical (unpaired) electrons. The van der Waals surface area contributed by atoms with E-state index in [1.807, 2.05) is 41.8 Å². The van der Waals surface area contributed by atoms with E-state index in [1.165, 1.54) is 23.3 Å². The number of esters is 1. The molecule has 1 unspecified atom stereocenters. The molecule has 0 saturated carbocycles. The van der Waals surface area contributed by atoms with Crippen LogP contribution in [0.3, 0.4) is 0 Å². The number of ether oxygens (including phenoxy) is 3. The Morgan fingerprint density at radius 3 is 2.64 bits per heavy atom. The van der Waals surface area contributed by atoms with Gasteiger partial charge in [0.1, 0.15) is 6.04 Å². The van der Waals surface area contributed by atoms with Crippen molar-refractivity contribution >= 4 is 35.4 Å². The molecule has 2 heterocycles. The van der Waals surface area contributed by atoms with Crippen LogP contribution in [0.5, 0.6) is 0 Å². The van der Waals surface area contributed by atoms with Crippen molar-refractivity contribution in [2.45, 2.75) is 45.3 Å².